The number of rotatable bonds is 5. The first-order chi connectivity index (χ1) is 6.33. The van der Waals surface area contributed by atoms with Gasteiger partial charge in [0.2, 0.25) is 0 Å². The zero-order chi connectivity index (χ0) is 11.6. The van der Waals surface area contributed by atoms with Crippen molar-refractivity contribution in [1.29, 1.82) is 0 Å². The lowest BCUT2D eigenvalue weighted by atomic mass is 10.8. The van der Waals surface area contributed by atoms with Crippen molar-refractivity contribution in [2.45, 2.75) is 0 Å². The Hall–Kier alpha value is -0.400. The molecule has 86 valence electrons. The molecule has 0 rings (SSSR count). The van der Waals surface area contributed by atoms with Gasteiger partial charge < -0.3 is 0 Å². The lowest BCUT2D eigenvalue weighted by Gasteiger charge is -1.95. The fraction of sp³-hybridized carbons (Fsp3) is 1.00. The fourth-order valence-electron chi connectivity index (χ4n) is 0.251. The standard InChI is InChI=1S/C2H6O7S2.O2S/c3-10(4)8-1-2-9-11(5,6)7;1-3-2/h10H,1-2H2,(H,5,6,7);. The number of hydrogen-bond donors (Lipinski definition) is 2. The molecule has 12 heteroatoms. The van der Waals surface area contributed by atoms with E-state index in [1.165, 1.54) is 0 Å². The van der Waals surface area contributed by atoms with Gasteiger partial charge in [0.25, 0.3) is 11.0 Å². The highest BCUT2D eigenvalue weighted by atomic mass is 32.3. The molecule has 0 saturated carbocycles. The van der Waals surface area contributed by atoms with Gasteiger partial charge in [-0.15, -0.1) is 0 Å². The summed E-state index contributed by atoms with van der Waals surface area (Å²) in [7, 11) is -7.50. The van der Waals surface area contributed by atoms with Crippen molar-refractivity contribution in [3.05, 3.63) is 0 Å². The summed E-state index contributed by atoms with van der Waals surface area (Å²) in [5.41, 5.74) is 0. The van der Waals surface area contributed by atoms with Gasteiger partial charge in [-0.25, -0.2) is 12.6 Å². The Balaban J connectivity index is 0. The third kappa shape index (κ3) is 22.6. The maximum absolute atomic E-state index is 9.80. The number of thiol groups is 1. The molecule has 1 N–H and O–H groups in total. The first-order valence-corrected chi connectivity index (χ1v) is 5.77. The van der Waals surface area contributed by atoms with Crippen molar-refractivity contribution in [1.82, 2.24) is 0 Å². The summed E-state index contributed by atoms with van der Waals surface area (Å²) >= 11 is -0.750. The van der Waals surface area contributed by atoms with Gasteiger partial charge >= 0.3 is 22.0 Å². The second kappa shape index (κ2) is 9.17. The molecule has 0 aromatic carbocycles. The van der Waals surface area contributed by atoms with Gasteiger partial charge in [-0.3, -0.25) is 8.74 Å². The Bertz CT molecular complexity index is 323. The van der Waals surface area contributed by atoms with E-state index in [9.17, 15) is 16.8 Å². The van der Waals surface area contributed by atoms with Crippen LogP contribution in [0.3, 0.4) is 0 Å². The predicted molar refractivity (Wildman–Crippen MR) is 42.7 cm³/mol. The van der Waals surface area contributed by atoms with Crippen LogP contribution in [0.1, 0.15) is 0 Å². The second-order valence-electron chi connectivity index (χ2n) is 1.37. The van der Waals surface area contributed by atoms with Gasteiger partial charge in [-0.1, -0.05) is 0 Å². The maximum atomic E-state index is 9.80. The lowest BCUT2D eigenvalue weighted by molar-refractivity contribution is 0.209. The van der Waals surface area contributed by atoms with E-state index in [-0.39, 0.29) is 0 Å². The van der Waals surface area contributed by atoms with Crippen LogP contribution in [-0.2, 0) is 41.3 Å². The minimum atomic E-state index is -4.50. The van der Waals surface area contributed by atoms with Crippen LogP contribution in [0.15, 0.2) is 0 Å². The van der Waals surface area contributed by atoms with Gasteiger partial charge in [0.15, 0.2) is 0 Å². The Morgan fingerprint density at radius 3 is 1.93 bits per heavy atom. The largest absolute Gasteiger partial charge is 0.397 e. The molecule has 0 fully saturated rings. The highest BCUT2D eigenvalue weighted by Crippen LogP contribution is 1.85. The molecular formula is C2H6O9S3. The molecule has 0 heterocycles. The lowest BCUT2D eigenvalue weighted by Crippen LogP contribution is -2.09. The molecule has 0 atom stereocenters. The van der Waals surface area contributed by atoms with Gasteiger partial charge in [0.1, 0.15) is 0 Å². The third-order valence-corrected chi connectivity index (χ3v) is 1.37. The Kier molecular flexibility index (Phi) is 10.5. The van der Waals surface area contributed by atoms with Crippen LogP contribution in [0.4, 0.5) is 0 Å². The molecule has 0 aromatic rings. The Morgan fingerprint density at radius 2 is 1.64 bits per heavy atom. The molecule has 0 saturated heterocycles. The fourth-order valence-corrected chi connectivity index (χ4v) is 0.753. The van der Waals surface area contributed by atoms with E-state index in [1.54, 1.807) is 0 Å². The van der Waals surface area contributed by atoms with Gasteiger partial charge in [0, 0.05) is 0 Å². The molecule has 0 unspecified atom stereocenters. The van der Waals surface area contributed by atoms with E-state index in [4.69, 9.17) is 13.0 Å². The monoisotopic (exact) mass is 270 g/mol. The van der Waals surface area contributed by atoms with Crippen LogP contribution < -0.4 is 0 Å². The van der Waals surface area contributed by atoms with E-state index < -0.39 is 46.2 Å². The van der Waals surface area contributed by atoms with Crippen molar-refractivity contribution in [3.63, 3.8) is 0 Å². The van der Waals surface area contributed by atoms with E-state index in [0.717, 1.165) is 0 Å². The Labute approximate surface area is 84.7 Å². The molecule has 0 radical (unpaired) electrons. The smallest absolute Gasteiger partial charge is 0.270 e. The molecule has 9 nitrogen and oxygen atoms in total. The van der Waals surface area contributed by atoms with Gasteiger partial charge in [-0.05, 0) is 0 Å². The molecule has 0 spiro atoms. The first kappa shape index (κ1) is 16.0. The molecule has 0 aromatic heterocycles. The van der Waals surface area contributed by atoms with Gasteiger partial charge in [0.05, 0.1) is 13.2 Å². The van der Waals surface area contributed by atoms with Crippen LogP contribution in [0.2, 0.25) is 0 Å². The summed E-state index contributed by atoms with van der Waals surface area (Å²) in [5.74, 6) is 0. The second-order valence-corrected chi connectivity index (χ2v) is 3.31. The highest BCUT2D eigenvalue weighted by Gasteiger charge is 2.02. The van der Waals surface area contributed by atoms with E-state index in [1.807, 2.05) is 0 Å². The quantitative estimate of drug-likeness (QED) is 0.320. The minimum Gasteiger partial charge on any atom is -0.270 e. The van der Waals surface area contributed by atoms with Crippen molar-refractivity contribution >= 4 is 33.0 Å². The van der Waals surface area contributed by atoms with Crippen LogP contribution >= 0.6 is 0 Å². The average Bonchev–Trinajstić information content (AvgIpc) is 1.98. The summed E-state index contributed by atoms with van der Waals surface area (Å²) in [6, 6.07) is 0. The third-order valence-electron chi connectivity index (χ3n) is 0.512. The normalized spacial score (nSPS) is 10.4. The average molecular weight is 270 g/mol. The summed E-state index contributed by atoms with van der Waals surface area (Å²) in [5, 5.41) is 0. The van der Waals surface area contributed by atoms with Crippen LogP contribution in [-0.4, -0.2) is 43.0 Å². The molecule has 14 heavy (non-hydrogen) atoms. The predicted octanol–water partition coefficient (Wildman–Crippen LogP) is -2.32. The highest BCUT2D eigenvalue weighted by molar-refractivity contribution is 7.80. The Morgan fingerprint density at radius 1 is 1.21 bits per heavy atom. The molecular weight excluding hydrogens is 264 g/mol. The van der Waals surface area contributed by atoms with Crippen LogP contribution in [0.5, 0.6) is 0 Å². The summed E-state index contributed by atoms with van der Waals surface area (Å²) in [4.78, 5) is 0. The zero-order valence-corrected chi connectivity index (χ0v) is 8.92. The first-order valence-electron chi connectivity index (χ1n) is 2.64. The van der Waals surface area contributed by atoms with Gasteiger partial charge in [-0.2, -0.15) is 16.8 Å². The topological polar surface area (TPSA) is 141 Å². The van der Waals surface area contributed by atoms with Crippen molar-refractivity contribution in [3.8, 4) is 0 Å². The van der Waals surface area contributed by atoms with Crippen molar-refractivity contribution in [2.75, 3.05) is 13.2 Å². The minimum absolute atomic E-state index is 0.446. The van der Waals surface area contributed by atoms with Crippen molar-refractivity contribution in [2.24, 2.45) is 0 Å². The van der Waals surface area contributed by atoms with E-state index >= 15 is 0 Å². The molecule has 0 amide bonds. The van der Waals surface area contributed by atoms with E-state index in [0.29, 0.717) is 0 Å². The molecule has 0 bridgehead atoms. The molecule has 0 aliphatic carbocycles. The van der Waals surface area contributed by atoms with Crippen molar-refractivity contribution < 1.29 is 38.2 Å². The molecule has 0 aliphatic rings. The maximum Gasteiger partial charge on any atom is 0.397 e. The zero-order valence-electron chi connectivity index (χ0n) is 6.39. The van der Waals surface area contributed by atoms with E-state index in [2.05, 4.69) is 8.37 Å². The summed E-state index contributed by atoms with van der Waals surface area (Å²) in [6.45, 7) is -0.985. The van der Waals surface area contributed by atoms with Crippen LogP contribution in [0.25, 0.3) is 0 Å². The number of hydrogen-bond acceptors (Lipinski definition) is 8. The SMILES string of the molecule is O=S=O.O=[SH](=O)OCCOS(=O)(=O)O. The van der Waals surface area contributed by atoms with Crippen LogP contribution in [0, 0.1) is 0 Å². The summed E-state index contributed by atoms with van der Waals surface area (Å²) < 4.78 is 71.1. The molecule has 0 aliphatic heterocycles. The summed E-state index contributed by atoms with van der Waals surface area (Å²) in [6.07, 6.45) is 0.